The van der Waals surface area contributed by atoms with Gasteiger partial charge >= 0.3 is 5.97 Å². The molecule has 0 atom stereocenters. The number of Topliss-reactive ketones (excluding diaryl/α,β-unsaturated/α-hetero) is 1. The Kier molecular flexibility index (Phi) is 12.2. The summed E-state index contributed by atoms with van der Waals surface area (Å²) in [6.07, 6.45) is 14.4. The standard InChI is InChI=1S/C19H36O3/c1-5-6-7-8-9-10-11-12-13-14-15-16-17(20)19(2,3)18(21)22-4/h5-16H2,1-4H3. The Morgan fingerprint density at radius 3 is 1.59 bits per heavy atom. The van der Waals surface area contributed by atoms with E-state index in [9.17, 15) is 9.59 Å². The van der Waals surface area contributed by atoms with Crippen molar-refractivity contribution in [3.05, 3.63) is 0 Å². The van der Waals surface area contributed by atoms with Gasteiger partial charge in [0, 0.05) is 6.42 Å². The zero-order valence-electron chi connectivity index (χ0n) is 15.2. The lowest BCUT2D eigenvalue weighted by molar-refractivity contribution is -0.155. The van der Waals surface area contributed by atoms with Crippen LogP contribution in [0.4, 0.5) is 0 Å². The summed E-state index contributed by atoms with van der Waals surface area (Å²) in [7, 11) is 1.33. The van der Waals surface area contributed by atoms with Crippen molar-refractivity contribution in [2.75, 3.05) is 7.11 Å². The van der Waals surface area contributed by atoms with E-state index in [0.717, 1.165) is 12.8 Å². The molecule has 0 aromatic heterocycles. The third kappa shape index (κ3) is 9.22. The summed E-state index contributed by atoms with van der Waals surface area (Å²) < 4.78 is 4.68. The molecule has 0 spiro atoms. The second kappa shape index (κ2) is 12.7. The van der Waals surface area contributed by atoms with Crippen molar-refractivity contribution in [3.8, 4) is 0 Å². The maximum Gasteiger partial charge on any atom is 0.318 e. The Morgan fingerprint density at radius 2 is 1.18 bits per heavy atom. The van der Waals surface area contributed by atoms with Crippen LogP contribution in [-0.4, -0.2) is 18.9 Å². The average Bonchev–Trinajstić information content (AvgIpc) is 2.51. The molecule has 0 fully saturated rings. The number of hydrogen-bond donors (Lipinski definition) is 0. The minimum absolute atomic E-state index is 0.00438. The molecule has 0 aliphatic carbocycles. The fourth-order valence-corrected chi connectivity index (χ4v) is 2.63. The number of ketones is 1. The zero-order valence-corrected chi connectivity index (χ0v) is 15.2. The summed E-state index contributed by atoms with van der Waals surface area (Å²) in [5.74, 6) is -0.434. The SMILES string of the molecule is CCCCCCCCCCCCCC(=O)C(C)(C)C(=O)OC. The van der Waals surface area contributed by atoms with Crippen LogP contribution in [0, 0.1) is 5.41 Å². The second-order valence-corrected chi connectivity index (χ2v) is 6.83. The predicted molar refractivity (Wildman–Crippen MR) is 91.9 cm³/mol. The molecule has 3 heteroatoms. The molecule has 0 aromatic carbocycles. The van der Waals surface area contributed by atoms with E-state index in [1.807, 2.05) is 0 Å². The number of rotatable bonds is 14. The first-order valence-electron chi connectivity index (χ1n) is 9.08. The number of esters is 1. The molecule has 0 rings (SSSR count). The highest BCUT2D eigenvalue weighted by Gasteiger charge is 2.35. The third-order valence-corrected chi connectivity index (χ3v) is 4.40. The molecule has 0 saturated carbocycles. The largest absolute Gasteiger partial charge is 0.468 e. The van der Waals surface area contributed by atoms with Crippen LogP contribution in [0.25, 0.3) is 0 Å². The fourth-order valence-electron chi connectivity index (χ4n) is 2.63. The van der Waals surface area contributed by atoms with E-state index >= 15 is 0 Å². The number of ether oxygens (including phenoxy) is 1. The minimum atomic E-state index is -0.993. The van der Waals surface area contributed by atoms with Gasteiger partial charge in [0.15, 0.2) is 0 Å². The molecular formula is C19H36O3. The van der Waals surface area contributed by atoms with Crippen LogP contribution in [0.5, 0.6) is 0 Å². The van der Waals surface area contributed by atoms with Gasteiger partial charge in [-0.3, -0.25) is 9.59 Å². The first-order valence-corrected chi connectivity index (χ1v) is 9.08. The van der Waals surface area contributed by atoms with Crippen LogP contribution in [0.3, 0.4) is 0 Å². The maximum atomic E-state index is 12.0. The lowest BCUT2D eigenvalue weighted by Crippen LogP contribution is -2.34. The van der Waals surface area contributed by atoms with Crippen LogP contribution in [0.2, 0.25) is 0 Å². The molecule has 0 heterocycles. The van der Waals surface area contributed by atoms with Gasteiger partial charge in [0.1, 0.15) is 11.2 Å². The van der Waals surface area contributed by atoms with E-state index in [0.29, 0.717) is 6.42 Å². The summed E-state index contributed by atoms with van der Waals surface area (Å²) in [5, 5.41) is 0. The van der Waals surface area contributed by atoms with Crippen LogP contribution >= 0.6 is 0 Å². The highest BCUT2D eigenvalue weighted by molar-refractivity contribution is 6.02. The number of methoxy groups -OCH3 is 1. The smallest absolute Gasteiger partial charge is 0.318 e. The quantitative estimate of drug-likeness (QED) is 0.243. The van der Waals surface area contributed by atoms with Crippen LogP contribution in [-0.2, 0) is 14.3 Å². The van der Waals surface area contributed by atoms with Gasteiger partial charge in [-0.2, -0.15) is 0 Å². The maximum absolute atomic E-state index is 12.0. The summed E-state index contributed by atoms with van der Waals surface area (Å²) in [5.41, 5.74) is -0.993. The average molecular weight is 312 g/mol. The summed E-state index contributed by atoms with van der Waals surface area (Å²) in [6, 6.07) is 0. The topological polar surface area (TPSA) is 43.4 Å². The molecule has 0 aliphatic rings. The van der Waals surface area contributed by atoms with Crippen molar-refractivity contribution >= 4 is 11.8 Å². The second-order valence-electron chi connectivity index (χ2n) is 6.83. The van der Waals surface area contributed by atoms with Crippen molar-refractivity contribution in [2.24, 2.45) is 5.41 Å². The van der Waals surface area contributed by atoms with Gasteiger partial charge in [0.25, 0.3) is 0 Å². The Balaban J connectivity index is 3.50. The summed E-state index contributed by atoms with van der Waals surface area (Å²) in [4.78, 5) is 23.6. The molecule has 0 bridgehead atoms. The summed E-state index contributed by atoms with van der Waals surface area (Å²) in [6.45, 7) is 5.55. The van der Waals surface area contributed by atoms with E-state index in [1.165, 1.54) is 64.9 Å². The van der Waals surface area contributed by atoms with Crippen LogP contribution in [0.15, 0.2) is 0 Å². The van der Waals surface area contributed by atoms with Gasteiger partial charge in [0.05, 0.1) is 7.11 Å². The fraction of sp³-hybridized carbons (Fsp3) is 0.895. The predicted octanol–water partition coefficient (Wildman–Crippen LogP) is 5.46. The van der Waals surface area contributed by atoms with Gasteiger partial charge < -0.3 is 4.74 Å². The number of unbranched alkanes of at least 4 members (excludes halogenated alkanes) is 10. The van der Waals surface area contributed by atoms with Gasteiger partial charge in [-0.1, -0.05) is 71.1 Å². The highest BCUT2D eigenvalue weighted by Crippen LogP contribution is 2.22. The normalized spacial score (nSPS) is 11.5. The first-order chi connectivity index (χ1) is 10.5. The highest BCUT2D eigenvalue weighted by atomic mass is 16.5. The molecule has 0 saturated heterocycles. The van der Waals surface area contributed by atoms with Gasteiger partial charge in [0.2, 0.25) is 0 Å². The molecule has 0 radical (unpaired) electrons. The Labute approximate surface area is 137 Å². The molecule has 22 heavy (non-hydrogen) atoms. The van der Waals surface area contributed by atoms with Crippen molar-refractivity contribution in [1.82, 2.24) is 0 Å². The Morgan fingerprint density at radius 1 is 0.773 bits per heavy atom. The van der Waals surface area contributed by atoms with Crippen molar-refractivity contribution in [1.29, 1.82) is 0 Å². The van der Waals surface area contributed by atoms with Crippen molar-refractivity contribution in [2.45, 2.75) is 97.8 Å². The number of hydrogen-bond acceptors (Lipinski definition) is 3. The molecule has 3 nitrogen and oxygen atoms in total. The van der Waals surface area contributed by atoms with Crippen LogP contribution in [0.1, 0.15) is 97.8 Å². The first kappa shape index (κ1) is 21.1. The van der Waals surface area contributed by atoms with E-state index in [1.54, 1.807) is 13.8 Å². The molecule has 0 N–H and O–H groups in total. The van der Waals surface area contributed by atoms with Gasteiger partial charge in [-0.05, 0) is 20.3 Å². The molecule has 0 amide bonds. The summed E-state index contributed by atoms with van der Waals surface area (Å²) >= 11 is 0. The van der Waals surface area contributed by atoms with Crippen molar-refractivity contribution < 1.29 is 14.3 Å². The zero-order chi connectivity index (χ0) is 16.8. The van der Waals surface area contributed by atoms with E-state index < -0.39 is 11.4 Å². The van der Waals surface area contributed by atoms with E-state index in [-0.39, 0.29) is 5.78 Å². The monoisotopic (exact) mass is 312 g/mol. The lowest BCUT2D eigenvalue weighted by atomic mass is 9.85. The van der Waals surface area contributed by atoms with E-state index in [4.69, 9.17) is 0 Å². The molecule has 0 unspecified atom stereocenters. The van der Waals surface area contributed by atoms with Gasteiger partial charge in [-0.15, -0.1) is 0 Å². The van der Waals surface area contributed by atoms with Crippen molar-refractivity contribution in [3.63, 3.8) is 0 Å². The van der Waals surface area contributed by atoms with Gasteiger partial charge in [-0.25, -0.2) is 0 Å². The molecule has 0 aliphatic heterocycles. The van der Waals surface area contributed by atoms with E-state index in [2.05, 4.69) is 11.7 Å². The van der Waals surface area contributed by atoms with Crippen LogP contribution < -0.4 is 0 Å². The lowest BCUT2D eigenvalue weighted by Gasteiger charge is -2.19. The molecule has 0 aromatic rings. The number of carbonyl (C=O) groups excluding carboxylic acids is 2. The third-order valence-electron chi connectivity index (χ3n) is 4.40. The minimum Gasteiger partial charge on any atom is -0.468 e. The molecule has 130 valence electrons. The molecular weight excluding hydrogens is 276 g/mol. The Hall–Kier alpha value is -0.860. The Bertz CT molecular complexity index is 308. The number of carbonyl (C=O) groups is 2.